The Labute approximate surface area is 128 Å². The molecule has 0 fully saturated rings. The minimum Gasteiger partial charge on any atom is -0.495 e. The summed E-state index contributed by atoms with van der Waals surface area (Å²) in [6.45, 7) is 0.280. The van der Waals surface area contributed by atoms with Gasteiger partial charge in [0.1, 0.15) is 5.75 Å². The van der Waals surface area contributed by atoms with Gasteiger partial charge in [-0.1, -0.05) is 41.9 Å². The van der Waals surface area contributed by atoms with Crippen molar-refractivity contribution in [3.05, 3.63) is 59.1 Å². The van der Waals surface area contributed by atoms with Crippen LogP contribution in [0, 0.1) is 0 Å². The molecule has 0 aliphatic carbocycles. The van der Waals surface area contributed by atoms with E-state index in [4.69, 9.17) is 16.3 Å². The molecule has 2 N–H and O–H groups in total. The number of hydrogen-bond donors (Lipinski definition) is 2. The van der Waals surface area contributed by atoms with Gasteiger partial charge < -0.3 is 15.2 Å². The fourth-order valence-corrected chi connectivity index (χ4v) is 2.29. The fourth-order valence-electron chi connectivity index (χ4n) is 2.03. The maximum absolute atomic E-state index is 11.4. The number of nitrogens with one attached hydrogen (secondary N) is 1. The zero-order valence-corrected chi connectivity index (χ0v) is 12.3. The van der Waals surface area contributed by atoms with Crippen LogP contribution in [0.2, 0.25) is 5.02 Å². The van der Waals surface area contributed by atoms with Crippen LogP contribution in [0.15, 0.2) is 48.5 Å². The third-order valence-electron chi connectivity index (χ3n) is 3.16. The number of hydrogen-bond acceptors (Lipinski definition) is 3. The highest BCUT2D eigenvalue weighted by Gasteiger charge is 2.19. The first-order chi connectivity index (χ1) is 10.1. The van der Waals surface area contributed by atoms with Crippen LogP contribution >= 0.6 is 11.6 Å². The Bertz CT molecular complexity index is 616. The first kappa shape index (κ1) is 15.2. The van der Waals surface area contributed by atoms with Crippen molar-refractivity contribution in [2.75, 3.05) is 19.0 Å². The average Bonchev–Trinajstić information content (AvgIpc) is 2.48. The van der Waals surface area contributed by atoms with Gasteiger partial charge in [0.25, 0.3) is 0 Å². The molecule has 4 nitrogen and oxygen atoms in total. The molecule has 21 heavy (non-hydrogen) atoms. The van der Waals surface area contributed by atoms with E-state index in [-0.39, 0.29) is 6.54 Å². The standard InChI is InChI=1S/C16H16ClNO3/c1-21-15-8-7-12(9-14(15)17)18-10-13(16(19)20)11-5-3-2-4-6-11/h2-9,13,18H,10H2,1H3,(H,19,20). The molecule has 110 valence electrons. The summed E-state index contributed by atoms with van der Waals surface area (Å²) >= 11 is 6.04. The van der Waals surface area contributed by atoms with Crippen molar-refractivity contribution < 1.29 is 14.6 Å². The summed E-state index contributed by atoms with van der Waals surface area (Å²) in [5.74, 6) is -0.902. The number of ether oxygens (including phenoxy) is 1. The van der Waals surface area contributed by atoms with Crippen LogP contribution in [0.3, 0.4) is 0 Å². The van der Waals surface area contributed by atoms with Gasteiger partial charge >= 0.3 is 5.97 Å². The Hall–Kier alpha value is -2.20. The first-order valence-electron chi connectivity index (χ1n) is 6.47. The zero-order valence-electron chi connectivity index (χ0n) is 11.5. The molecule has 0 saturated carbocycles. The Morgan fingerprint density at radius 1 is 1.29 bits per heavy atom. The molecule has 2 rings (SSSR count). The number of anilines is 1. The first-order valence-corrected chi connectivity index (χ1v) is 6.84. The van der Waals surface area contributed by atoms with Crippen molar-refractivity contribution in [1.82, 2.24) is 0 Å². The summed E-state index contributed by atoms with van der Waals surface area (Å²) in [6, 6.07) is 14.4. The van der Waals surface area contributed by atoms with Gasteiger partial charge in [-0.3, -0.25) is 4.79 Å². The van der Waals surface area contributed by atoms with Crippen LogP contribution in [0.5, 0.6) is 5.75 Å². The lowest BCUT2D eigenvalue weighted by Crippen LogP contribution is -2.20. The van der Waals surface area contributed by atoms with Crippen molar-refractivity contribution >= 4 is 23.3 Å². The molecule has 0 radical (unpaired) electrons. The van der Waals surface area contributed by atoms with Gasteiger partial charge in [0, 0.05) is 12.2 Å². The summed E-state index contributed by atoms with van der Waals surface area (Å²) < 4.78 is 5.08. The molecule has 0 aliphatic heterocycles. The van der Waals surface area contributed by atoms with E-state index >= 15 is 0 Å². The summed E-state index contributed by atoms with van der Waals surface area (Å²) in [5.41, 5.74) is 1.51. The number of aliphatic carboxylic acids is 1. The van der Waals surface area contributed by atoms with Gasteiger partial charge in [0.2, 0.25) is 0 Å². The van der Waals surface area contributed by atoms with E-state index in [1.807, 2.05) is 30.3 Å². The minimum atomic E-state index is -0.867. The molecule has 0 saturated heterocycles. The van der Waals surface area contributed by atoms with Crippen LogP contribution in [0.25, 0.3) is 0 Å². The Morgan fingerprint density at radius 2 is 2.00 bits per heavy atom. The topological polar surface area (TPSA) is 58.6 Å². The predicted octanol–water partition coefficient (Wildman–Crippen LogP) is 3.63. The molecule has 1 unspecified atom stereocenters. The van der Waals surface area contributed by atoms with Crippen molar-refractivity contribution in [2.45, 2.75) is 5.92 Å². The third kappa shape index (κ3) is 3.89. The van der Waals surface area contributed by atoms with E-state index in [1.54, 1.807) is 25.3 Å². The number of methoxy groups -OCH3 is 1. The SMILES string of the molecule is COc1ccc(NCC(C(=O)O)c2ccccc2)cc1Cl. The lowest BCUT2D eigenvalue weighted by Gasteiger charge is -2.15. The van der Waals surface area contributed by atoms with Crippen LogP contribution in [-0.2, 0) is 4.79 Å². The highest BCUT2D eigenvalue weighted by molar-refractivity contribution is 6.32. The zero-order chi connectivity index (χ0) is 15.2. The number of benzene rings is 2. The largest absolute Gasteiger partial charge is 0.495 e. The summed E-state index contributed by atoms with van der Waals surface area (Å²) in [5, 5.41) is 12.9. The Balaban J connectivity index is 2.09. The fraction of sp³-hybridized carbons (Fsp3) is 0.188. The quantitative estimate of drug-likeness (QED) is 0.855. The Morgan fingerprint density at radius 3 is 2.57 bits per heavy atom. The molecular weight excluding hydrogens is 290 g/mol. The maximum atomic E-state index is 11.4. The van der Waals surface area contributed by atoms with Gasteiger partial charge in [-0.2, -0.15) is 0 Å². The van der Waals surface area contributed by atoms with Gasteiger partial charge in [0.05, 0.1) is 18.1 Å². The molecule has 0 bridgehead atoms. The second-order valence-electron chi connectivity index (χ2n) is 4.53. The summed E-state index contributed by atoms with van der Waals surface area (Å²) in [7, 11) is 1.55. The van der Waals surface area contributed by atoms with Crippen molar-refractivity contribution in [2.24, 2.45) is 0 Å². The second kappa shape index (κ2) is 6.99. The van der Waals surface area contributed by atoms with Crippen molar-refractivity contribution in [3.8, 4) is 5.75 Å². The van der Waals surface area contributed by atoms with Crippen LogP contribution in [0.1, 0.15) is 11.5 Å². The van der Waals surface area contributed by atoms with E-state index in [2.05, 4.69) is 5.32 Å². The van der Waals surface area contributed by atoms with Crippen LogP contribution in [0.4, 0.5) is 5.69 Å². The summed E-state index contributed by atoms with van der Waals surface area (Å²) in [6.07, 6.45) is 0. The minimum absolute atomic E-state index is 0.280. The molecule has 0 aromatic heterocycles. The van der Waals surface area contributed by atoms with Crippen molar-refractivity contribution in [3.63, 3.8) is 0 Å². The molecule has 0 amide bonds. The van der Waals surface area contributed by atoms with E-state index in [0.29, 0.717) is 10.8 Å². The number of rotatable bonds is 6. The maximum Gasteiger partial charge on any atom is 0.312 e. The van der Waals surface area contributed by atoms with Gasteiger partial charge in [-0.05, 0) is 23.8 Å². The van der Waals surface area contributed by atoms with E-state index < -0.39 is 11.9 Å². The predicted molar refractivity (Wildman–Crippen MR) is 83.3 cm³/mol. The number of halogens is 1. The number of carboxylic acid groups (broad SMARTS) is 1. The third-order valence-corrected chi connectivity index (χ3v) is 3.46. The van der Waals surface area contributed by atoms with E-state index in [9.17, 15) is 9.90 Å². The summed E-state index contributed by atoms with van der Waals surface area (Å²) in [4.78, 5) is 11.4. The van der Waals surface area contributed by atoms with Gasteiger partial charge in [-0.15, -0.1) is 0 Å². The lowest BCUT2D eigenvalue weighted by atomic mass is 9.99. The monoisotopic (exact) mass is 305 g/mol. The van der Waals surface area contributed by atoms with E-state index in [1.165, 1.54) is 0 Å². The number of carbonyl (C=O) groups is 1. The lowest BCUT2D eigenvalue weighted by molar-refractivity contribution is -0.138. The highest BCUT2D eigenvalue weighted by atomic mass is 35.5. The Kier molecular flexibility index (Phi) is 5.06. The molecule has 2 aromatic carbocycles. The van der Waals surface area contributed by atoms with Crippen LogP contribution < -0.4 is 10.1 Å². The smallest absolute Gasteiger partial charge is 0.312 e. The van der Waals surface area contributed by atoms with Crippen LogP contribution in [-0.4, -0.2) is 24.7 Å². The molecule has 0 heterocycles. The normalized spacial score (nSPS) is 11.7. The molecule has 0 aliphatic rings. The molecular formula is C16H16ClNO3. The number of carboxylic acids is 1. The molecule has 0 spiro atoms. The highest BCUT2D eigenvalue weighted by Crippen LogP contribution is 2.27. The molecule has 1 atom stereocenters. The average molecular weight is 306 g/mol. The molecule has 5 heteroatoms. The molecule has 2 aromatic rings. The van der Waals surface area contributed by atoms with Crippen molar-refractivity contribution in [1.29, 1.82) is 0 Å². The van der Waals surface area contributed by atoms with Gasteiger partial charge in [-0.25, -0.2) is 0 Å². The van der Waals surface area contributed by atoms with E-state index in [0.717, 1.165) is 11.3 Å². The van der Waals surface area contributed by atoms with Gasteiger partial charge in [0.15, 0.2) is 0 Å². The second-order valence-corrected chi connectivity index (χ2v) is 4.94.